The van der Waals surface area contributed by atoms with Gasteiger partial charge in [-0.1, -0.05) is 13.8 Å². The Kier molecular flexibility index (Phi) is 5.44. The fourth-order valence-corrected chi connectivity index (χ4v) is 1.14. The van der Waals surface area contributed by atoms with E-state index < -0.39 is 17.4 Å². The van der Waals surface area contributed by atoms with E-state index in [1.165, 1.54) is 0 Å². The van der Waals surface area contributed by atoms with Crippen molar-refractivity contribution in [3.05, 3.63) is 0 Å². The number of primary amides is 1. The normalized spacial score (nSPS) is 13.6. The van der Waals surface area contributed by atoms with Crippen molar-refractivity contribution in [3.8, 4) is 0 Å². The summed E-state index contributed by atoms with van der Waals surface area (Å²) in [5, 5.41) is 2.64. The molecule has 0 aromatic rings. The molecule has 0 fully saturated rings. The number of hydrogen-bond donors (Lipinski definition) is 3. The third-order valence-electron chi connectivity index (χ3n) is 2.43. The van der Waals surface area contributed by atoms with Crippen LogP contribution in [0.5, 0.6) is 0 Å². The molecule has 0 aromatic carbocycles. The Morgan fingerprint density at radius 3 is 2.19 bits per heavy atom. The van der Waals surface area contributed by atoms with Crippen molar-refractivity contribution >= 4 is 11.8 Å². The van der Waals surface area contributed by atoms with Crippen LogP contribution in [0.2, 0.25) is 0 Å². The lowest BCUT2D eigenvalue weighted by atomic mass is 9.92. The van der Waals surface area contributed by atoms with Crippen LogP contribution in [0, 0.1) is 11.3 Å². The molecule has 5 heteroatoms. The Morgan fingerprint density at radius 2 is 1.81 bits per heavy atom. The molecule has 5 nitrogen and oxygen atoms in total. The zero-order chi connectivity index (χ0) is 12.9. The van der Waals surface area contributed by atoms with Crippen LogP contribution >= 0.6 is 0 Å². The van der Waals surface area contributed by atoms with E-state index in [0.29, 0.717) is 12.3 Å². The number of amides is 2. The average Bonchev–Trinajstić information content (AvgIpc) is 2.12. The second-order valence-electron chi connectivity index (χ2n) is 5.20. The first kappa shape index (κ1) is 14.9. The smallest absolute Gasteiger partial charge is 0.236 e. The lowest BCUT2D eigenvalue weighted by molar-refractivity contribution is -0.127. The molecule has 0 spiro atoms. The molecule has 0 aliphatic carbocycles. The second-order valence-corrected chi connectivity index (χ2v) is 5.20. The molecule has 0 heterocycles. The Hall–Kier alpha value is -1.10. The fourth-order valence-electron chi connectivity index (χ4n) is 1.14. The van der Waals surface area contributed by atoms with E-state index >= 15 is 0 Å². The van der Waals surface area contributed by atoms with Gasteiger partial charge in [0.05, 0.1) is 11.5 Å². The summed E-state index contributed by atoms with van der Waals surface area (Å²) in [5.74, 6) is -0.307. The summed E-state index contributed by atoms with van der Waals surface area (Å²) >= 11 is 0. The molecule has 0 rings (SSSR count). The van der Waals surface area contributed by atoms with Crippen molar-refractivity contribution in [2.24, 2.45) is 22.8 Å². The molecule has 0 bridgehead atoms. The number of hydrogen-bond acceptors (Lipinski definition) is 3. The summed E-state index contributed by atoms with van der Waals surface area (Å²) in [7, 11) is 0. The Balaban J connectivity index is 4.12. The van der Waals surface area contributed by atoms with E-state index in [9.17, 15) is 9.59 Å². The number of rotatable bonds is 6. The van der Waals surface area contributed by atoms with E-state index in [1.54, 1.807) is 13.8 Å². The maximum atomic E-state index is 11.6. The topological polar surface area (TPSA) is 98.2 Å². The molecule has 0 aromatic heterocycles. The highest BCUT2D eigenvalue weighted by molar-refractivity contribution is 5.84. The van der Waals surface area contributed by atoms with Crippen molar-refractivity contribution in [2.45, 2.75) is 40.2 Å². The summed E-state index contributed by atoms with van der Waals surface area (Å²) in [6, 6.07) is -0.524. The van der Waals surface area contributed by atoms with Crippen molar-refractivity contribution in [1.82, 2.24) is 5.32 Å². The number of nitrogens with one attached hydrogen (secondary N) is 1. The van der Waals surface area contributed by atoms with Gasteiger partial charge in [0, 0.05) is 6.54 Å². The van der Waals surface area contributed by atoms with Crippen LogP contribution in [0.4, 0.5) is 0 Å². The fraction of sp³-hybridized carbons (Fsp3) is 0.818. The maximum Gasteiger partial charge on any atom is 0.236 e. The van der Waals surface area contributed by atoms with Gasteiger partial charge in [0.1, 0.15) is 0 Å². The SMILES string of the molecule is CC(C)C[C@H](N)C(=O)NCC(C)(C)C(N)=O. The van der Waals surface area contributed by atoms with Gasteiger partial charge in [-0.3, -0.25) is 9.59 Å². The summed E-state index contributed by atoms with van der Waals surface area (Å²) < 4.78 is 0. The van der Waals surface area contributed by atoms with Gasteiger partial charge in [-0.15, -0.1) is 0 Å². The van der Waals surface area contributed by atoms with Crippen LogP contribution < -0.4 is 16.8 Å². The maximum absolute atomic E-state index is 11.6. The quantitative estimate of drug-likeness (QED) is 0.597. The summed E-state index contributed by atoms with van der Waals surface area (Å²) in [5.41, 5.74) is 10.1. The van der Waals surface area contributed by atoms with Gasteiger partial charge < -0.3 is 16.8 Å². The minimum atomic E-state index is -0.743. The van der Waals surface area contributed by atoms with Crippen molar-refractivity contribution in [2.75, 3.05) is 6.54 Å². The number of carbonyl (C=O) groups excluding carboxylic acids is 2. The lowest BCUT2D eigenvalue weighted by Gasteiger charge is -2.22. The van der Waals surface area contributed by atoms with Crippen LogP contribution in [0.3, 0.4) is 0 Å². The van der Waals surface area contributed by atoms with Crippen LogP contribution in [0.1, 0.15) is 34.1 Å². The molecule has 2 amide bonds. The zero-order valence-corrected chi connectivity index (χ0v) is 10.5. The Labute approximate surface area is 96.9 Å². The van der Waals surface area contributed by atoms with Gasteiger partial charge >= 0.3 is 0 Å². The molecule has 0 saturated heterocycles. The van der Waals surface area contributed by atoms with Crippen molar-refractivity contribution in [1.29, 1.82) is 0 Å². The van der Waals surface area contributed by atoms with Gasteiger partial charge in [0.15, 0.2) is 0 Å². The largest absolute Gasteiger partial charge is 0.369 e. The minimum Gasteiger partial charge on any atom is -0.369 e. The predicted octanol–water partition coefficient (Wildman–Crippen LogP) is -0.0125. The first-order chi connectivity index (χ1) is 7.16. The zero-order valence-electron chi connectivity index (χ0n) is 10.5. The molecule has 1 atom stereocenters. The van der Waals surface area contributed by atoms with E-state index in [2.05, 4.69) is 5.32 Å². The highest BCUT2D eigenvalue weighted by Crippen LogP contribution is 2.12. The molecule has 0 saturated carbocycles. The van der Waals surface area contributed by atoms with Gasteiger partial charge in [0.2, 0.25) is 11.8 Å². The molecular weight excluding hydrogens is 206 g/mol. The highest BCUT2D eigenvalue weighted by Gasteiger charge is 2.26. The van der Waals surface area contributed by atoms with Gasteiger partial charge in [-0.05, 0) is 26.2 Å². The molecule has 0 radical (unpaired) electrons. The minimum absolute atomic E-state index is 0.215. The van der Waals surface area contributed by atoms with E-state index in [4.69, 9.17) is 11.5 Å². The molecule has 5 N–H and O–H groups in total. The summed E-state index contributed by atoms with van der Waals surface area (Å²) in [6.45, 7) is 7.58. The predicted molar refractivity (Wildman–Crippen MR) is 63.4 cm³/mol. The number of carbonyl (C=O) groups is 2. The lowest BCUT2D eigenvalue weighted by Crippen LogP contribution is -2.47. The molecule has 16 heavy (non-hydrogen) atoms. The standard InChI is InChI=1S/C11H23N3O2/c1-7(2)5-8(12)9(15)14-6-11(3,4)10(13)16/h7-8H,5-6,12H2,1-4H3,(H2,13,16)(H,14,15)/t8-/m0/s1. The summed E-state index contributed by atoms with van der Waals surface area (Å²) in [6.07, 6.45) is 0.628. The van der Waals surface area contributed by atoms with Crippen LogP contribution in [-0.2, 0) is 9.59 Å². The van der Waals surface area contributed by atoms with Gasteiger partial charge in [0.25, 0.3) is 0 Å². The first-order valence-corrected chi connectivity index (χ1v) is 5.50. The van der Waals surface area contributed by atoms with E-state index in [0.717, 1.165) is 0 Å². The number of nitrogens with two attached hydrogens (primary N) is 2. The Morgan fingerprint density at radius 1 is 1.31 bits per heavy atom. The third kappa shape index (κ3) is 5.11. The molecule has 0 aliphatic rings. The highest BCUT2D eigenvalue weighted by atomic mass is 16.2. The van der Waals surface area contributed by atoms with E-state index in [-0.39, 0.29) is 12.5 Å². The van der Waals surface area contributed by atoms with Crippen molar-refractivity contribution < 1.29 is 9.59 Å². The summed E-state index contributed by atoms with van der Waals surface area (Å²) in [4.78, 5) is 22.6. The average molecular weight is 229 g/mol. The van der Waals surface area contributed by atoms with Crippen molar-refractivity contribution in [3.63, 3.8) is 0 Å². The van der Waals surface area contributed by atoms with Crippen LogP contribution in [0.25, 0.3) is 0 Å². The monoisotopic (exact) mass is 229 g/mol. The second kappa shape index (κ2) is 5.84. The first-order valence-electron chi connectivity index (χ1n) is 5.50. The Bertz CT molecular complexity index is 262. The molecule has 0 aliphatic heterocycles. The molecular formula is C11H23N3O2. The van der Waals surface area contributed by atoms with Gasteiger partial charge in [-0.2, -0.15) is 0 Å². The van der Waals surface area contributed by atoms with Gasteiger partial charge in [-0.25, -0.2) is 0 Å². The third-order valence-corrected chi connectivity index (χ3v) is 2.43. The van der Waals surface area contributed by atoms with Crippen LogP contribution in [-0.4, -0.2) is 24.4 Å². The van der Waals surface area contributed by atoms with Crippen LogP contribution in [0.15, 0.2) is 0 Å². The van der Waals surface area contributed by atoms with E-state index in [1.807, 2.05) is 13.8 Å². The molecule has 94 valence electrons. The molecule has 0 unspecified atom stereocenters.